The SMILES string of the molecule is COc1ccc(SC)c(CN[C@H]2[C@H]3CCN(C[C@@H]3C(=O)O)[C@@H]2C(c2ccccc2)c2ccccc2)c1. The van der Waals surface area contributed by atoms with Crippen molar-refractivity contribution in [2.24, 2.45) is 11.8 Å². The molecule has 6 rings (SSSR count). The first kappa shape index (κ1) is 24.9. The van der Waals surface area contributed by atoms with Crippen molar-refractivity contribution in [3.8, 4) is 5.75 Å². The van der Waals surface area contributed by atoms with Crippen LogP contribution >= 0.6 is 11.8 Å². The summed E-state index contributed by atoms with van der Waals surface area (Å²) in [6, 6.07) is 27.8. The van der Waals surface area contributed by atoms with E-state index in [4.69, 9.17) is 4.74 Å². The average Bonchev–Trinajstić information content (AvgIpc) is 2.93. The van der Waals surface area contributed by atoms with E-state index in [9.17, 15) is 9.90 Å². The van der Waals surface area contributed by atoms with E-state index in [-0.39, 0.29) is 29.8 Å². The van der Waals surface area contributed by atoms with Crippen molar-refractivity contribution in [1.29, 1.82) is 0 Å². The Morgan fingerprint density at radius 3 is 2.33 bits per heavy atom. The number of carbonyl (C=O) groups is 1. The second-order valence-electron chi connectivity index (χ2n) is 9.77. The Balaban J connectivity index is 1.54. The number of benzene rings is 3. The van der Waals surface area contributed by atoms with Crippen molar-refractivity contribution < 1.29 is 14.6 Å². The minimum atomic E-state index is -0.683. The number of hydrogen-bond donors (Lipinski definition) is 2. The maximum atomic E-state index is 12.3. The minimum Gasteiger partial charge on any atom is -0.497 e. The second kappa shape index (κ2) is 11.1. The quantitative estimate of drug-likeness (QED) is 0.397. The van der Waals surface area contributed by atoms with Gasteiger partial charge in [0.1, 0.15) is 5.75 Å². The van der Waals surface area contributed by atoms with Crippen LogP contribution < -0.4 is 10.1 Å². The van der Waals surface area contributed by atoms with Gasteiger partial charge in [-0.15, -0.1) is 11.8 Å². The fraction of sp³-hybridized carbons (Fsp3) is 0.367. The maximum Gasteiger partial charge on any atom is 0.308 e. The number of aliphatic carboxylic acids is 1. The van der Waals surface area contributed by atoms with E-state index in [0.717, 1.165) is 18.7 Å². The Bertz CT molecular complexity index is 1130. The first-order valence-corrected chi connectivity index (χ1v) is 13.8. The minimum absolute atomic E-state index is 0.0416. The molecule has 36 heavy (non-hydrogen) atoms. The van der Waals surface area contributed by atoms with Gasteiger partial charge in [-0.25, -0.2) is 0 Å². The summed E-state index contributed by atoms with van der Waals surface area (Å²) in [6.07, 6.45) is 2.98. The van der Waals surface area contributed by atoms with Crippen molar-refractivity contribution in [2.45, 2.75) is 35.9 Å². The number of methoxy groups -OCH3 is 1. The number of piperidine rings is 3. The highest BCUT2D eigenvalue weighted by Gasteiger charge is 2.52. The van der Waals surface area contributed by atoms with Crippen LogP contribution in [0.25, 0.3) is 0 Å². The number of carboxylic acids is 1. The highest BCUT2D eigenvalue weighted by Crippen LogP contribution is 2.44. The van der Waals surface area contributed by atoms with Gasteiger partial charge in [0.05, 0.1) is 13.0 Å². The molecule has 6 heteroatoms. The third kappa shape index (κ3) is 4.90. The summed E-state index contributed by atoms with van der Waals surface area (Å²) in [4.78, 5) is 15.9. The van der Waals surface area contributed by atoms with E-state index in [1.54, 1.807) is 18.9 Å². The van der Waals surface area contributed by atoms with Crippen LogP contribution in [0.5, 0.6) is 5.75 Å². The van der Waals surface area contributed by atoms with Gasteiger partial charge in [-0.1, -0.05) is 60.7 Å². The van der Waals surface area contributed by atoms with Crippen LogP contribution in [-0.2, 0) is 11.3 Å². The summed E-state index contributed by atoms with van der Waals surface area (Å²) < 4.78 is 5.50. The molecule has 188 valence electrons. The Morgan fingerprint density at radius 1 is 1.08 bits per heavy atom. The van der Waals surface area contributed by atoms with Crippen molar-refractivity contribution in [2.75, 3.05) is 26.5 Å². The fourth-order valence-corrected chi connectivity index (χ4v) is 6.88. The lowest BCUT2D eigenvalue weighted by atomic mass is 9.66. The van der Waals surface area contributed by atoms with Crippen LogP contribution in [0.1, 0.15) is 29.0 Å². The third-order valence-electron chi connectivity index (χ3n) is 7.94. The number of carboxylic acid groups (broad SMARTS) is 1. The van der Waals surface area contributed by atoms with Crippen LogP contribution in [0.4, 0.5) is 0 Å². The molecule has 3 heterocycles. The number of fused-ring (bicyclic) bond motifs is 3. The molecule has 0 aliphatic carbocycles. The van der Waals surface area contributed by atoms with Crippen molar-refractivity contribution >= 4 is 17.7 Å². The van der Waals surface area contributed by atoms with Crippen molar-refractivity contribution in [1.82, 2.24) is 10.2 Å². The smallest absolute Gasteiger partial charge is 0.308 e. The highest BCUT2D eigenvalue weighted by atomic mass is 32.2. The van der Waals surface area contributed by atoms with Crippen LogP contribution in [0.3, 0.4) is 0 Å². The summed E-state index contributed by atoms with van der Waals surface area (Å²) >= 11 is 1.72. The van der Waals surface area contributed by atoms with Gasteiger partial charge in [-0.2, -0.15) is 0 Å². The number of nitrogens with one attached hydrogen (secondary N) is 1. The summed E-state index contributed by atoms with van der Waals surface area (Å²) in [5, 5.41) is 14.0. The van der Waals surface area contributed by atoms with Gasteiger partial charge in [0.25, 0.3) is 0 Å². The molecule has 2 bridgehead atoms. The fourth-order valence-electron chi connectivity index (χ4n) is 6.28. The molecule has 0 spiro atoms. The third-order valence-corrected chi connectivity index (χ3v) is 8.78. The summed E-state index contributed by atoms with van der Waals surface area (Å²) in [6.45, 7) is 2.21. The molecule has 3 saturated heterocycles. The second-order valence-corrected chi connectivity index (χ2v) is 10.6. The predicted octanol–water partition coefficient (Wildman–Crippen LogP) is 5.11. The zero-order valence-electron chi connectivity index (χ0n) is 20.8. The Kier molecular flexibility index (Phi) is 7.65. The molecule has 0 saturated carbocycles. The molecule has 5 nitrogen and oxygen atoms in total. The van der Waals surface area contributed by atoms with Gasteiger partial charge < -0.3 is 15.2 Å². The summed E-state index contributed by atoms with van der Waals surface area (Å²) in [5.41, 5.74) is 3.72. The first-order valence-electron chi connectivity index (χ1n) is 12.6. The van der Waals surface area contributed by atoms with Gasteiger partial charge in [-0.3, -0.25) is 9.69 Å². The molecule has 3 aliphatic rings. The van der Waals surface area contributed by atoms with Gasteiger partial charge in [0, 0.05) is 36.0 Å². The van der Waals surface area contributed by atoms with E-state index in [0.29, 0.717) is 13.1 Å². The summed E-state index contributed by atoms with van der Waals surface area (Å²) in [7, 11) is 1.69. The molecule has 0 aromatic heterocycles. The maximum absolute atomic E-state index is 12.3. The Labute approximate surface area is 217 Å². The molecule has 3 fully saturated rings. The lowest BCUT2D eigenvalue weighted by molar-refractivity contribution is -0.152. The average molecular weight is 503 g/mol. The van der Waals surface area contributed by atoms with Crippen LogP contribution in [0.15, 0.2) is 83.8 Å². The van der Waals surface area contributed by atoms with Gasteiger partial charge >= 0.3 is 5.97 Å². The van der Waals surface area contributed by atoms with E-state index in [1.165, 1.54) is 21.6 Å². The van der Waals surface area contributed by atoms with E-state index >= 15 is 0 Å². The van der Waals surface area contributed by atoms with Crippen LogP contribution in [0.2, 0.25) is 0 Å². The molecule has 3 aliphatic heterocycles. The lowest BCUT2D eigenvalue weighted by Crippen LogP contribution is -2.68. The zero-order chi connectivity index (χ0) is 25.1. The molecule has 1 unspecified atom stereocenters. The Hall–Kier alpha value is -2.80. The lowest BCUT2D eigenvalue weighted by Gasteiger charge is -2.56. The number of nitrogens with zero attached hydrogens (tertiary/aromatic N) is 1. The number of rotatable bonds is 9. The molecule has 0 amide bonds. The van der Waals surface area contributed by atoms with E-state index in [1.807, 2.05) is 6.07 Å². The van der Waals surface area contributed by atoms with Crippen LogP contribution in [0, 0.1) is 11.8 Å². The van der Waals surface area contributed by atoms with Crippen molar-refractivity contribution in [3.63, 3.8) is 0 Å². The summed E-state index contributed by atoms with van der Waals surface area (Å²) in [5.74, 6) is 0.0237. The van der Waals surface area contributed by atoms with Gasteiger partial charge in [-0.05, 0) is 60.0 Å². The predicted molar refractivity (Wildman–Crippen MR) is 145 cm³/mol. The first-order chi connectivity index (χ1) is 17.6. The largest absolute Gasteiger partial charge is 0.497 e. The molecule has 5 atom stereocenters. The number of thioether (sulfide) groups is 1. The van der Waals surface area contributed by atoms with Crippen LogP contribution in [-0.4, -0.2) is 54.5 Å². The number of ether oxygens (including phenoxy) is 1. The monoisotopic (exact) mass is 502 g/mol. The molecule has 0 radical (unpaired) electrons. The molecular weight excluding hydrogens is 468 g/mol. The zero-order valence-corrected chi connectivity index (χ0v) is 21.7. The molecule has 3 aromatic carbocycles. The molecule has 2 N–H and O–H groups in total. The molecular formula is C30H34N2O3S. The molecule has 3 aromatic rings. The standard InChI is InChI=1S/C30H34N2O3S/c1-35-23-13-14-26(36-2)22(17-23)18-31-28-24-15-16-32(19-25(24)30(33)34)29(28)27(20-9-5-3-6-10-20)21-11-7-4-8-12-21/h3-14,17,24-25,27-29,31H,15-16,18-19H2,1-2H3,(H,33,34)/t24-,25-,28-,29+/m0/s1. The highest BCUT2D eigenvalue weighted by molar-refractivity contribution is 7.98. The van der Waals surface area contributed by atoms with Crippen molar-refractivity contribution in [3.05, 3.63) is 95.6 Å². The van der Waals surface area contributed by atoms with Gasteiger partial charge in [0.15, 0.2) is 0 Å². The topological polar surface area (TPSA) is 61.8 Å². The van der Waals surface area contributed by atoms with E-state index in [2.05, 4.69) is 89.3 Å². The Morgan fingerprint density at radius 2 is 1.75 bits per heavy atom. The number of hydrogen-bond acceptors (Lipinski definition) is 5. The van der Waals surface area contributed by atoms with Gasteiger partial charge in [0.2, 0.25) is 0 Å². The van der Waals surface area contributed by atoms with E-state index < -0.39 is 5.97 Å². The normalized spacial score (nSPS) is 25.1.